The van der Waals surface area contributed by atoms with Crippen molar-refractivity contribution in [1.29, 1.82) is 0 Å². The summed E-state index contributed by atoms with van der Waals surface area (Å²) in [4.78, 5) is 10.9. The van der Waals surface area contributed by atoms with Gasteiger partial charge in [0, 0.05) is 11.0 Å². The van der Waals surface area contributed by atoms with Crippen LogP contribution in [-0.2, 0) is 10.2 Å². The van der Waals surface area contributed by atoms with Crippen molar-refractivity contribution in [2.24, 2.45) is 0 Å². The molecule has 0 fully saturated rings. The van der Waals surface area contributed by atoms with Gasteiger partial charge in [-0.15, -0.1) is 0 Å². The molecule has 0 aliphatic rings. The van der Waals surface area contributed by atoms with Gasteiger partial charge in [0.25, 0.3) is 0 Å². The topological polar surface area (TPSA) is 26.3 Å². The van der Waals surface area contributed by atoms with Crippen molar-refractivity contribution >= 4 is 22.2 Å². The Kier molecular flexibility index (Phi) is 3.32. The van der Waals surface area contributed by atoms with Gasteiger partial charge in [-0.25, -0.2) is 0 Å². The van der Waals surface area contributed by atoms with E-state index in [1.807, 2.05) is 32.0 Å². The maximum atomic E-state index is 10.9. The third-order valence-electron chi connectivity index (χ3n) is 2.16. The molecule has 0 heterocycles. The van der Waals surface area contributed by atoms with E-state index in [0.29, 0.717) is 0 Å². The number of hydrogen-bond acceptors (Lipinski definition) is 2. The number of aldehydes is 1. The van der Waals surface area contributed by atoms with E-state index in [1.165, 1.54) is 0 Å². The minimum Gasteiger partial charge on any atom is -0.495 e. The molecule has 1 rings (SSSR count). The van der Waals surface area contributed by atoms with Crippen LogP contribution in [0.3, 0.4) is 0 Å². The zero-order valence-corrected chi connectivity index (χ0v) is 10.1. The maximum Gasteiger partial charge on any atom is 0.137 e. The summed E-state index contributed by atoms with van der Waals surface area (Å²) in [6.07, 6.45) is 0.928. The Morgan fingerprint density at radius 3 is 2.57 bits per heavy atom. The van der Waals surface area contributed by atoms with E-state index in [1.54, 1.807) is 7.11 Å². The summed E-state index contributed by atoms with van der Waals surface area (Å²) in [5.74, 6) is 0.726. The van der Waals surface area contributed by atoms with Crippen LogP contribution in [0.4, 0.5) is 0 Å². The summed E-state index contributed by atoms with van der Waals surface area (Å²) in [5.41, 5.74) is 0.374. The molecule has 76 valence electrons. The largest absolute Gasteiger partial charge is 0.495 e. The van der Waals surface area contributed by atoms with Gasteiger partial charge in [-0.3, -0.25) is 0 Å². The van der Waals surface area contributed by atoms with Gasteiger partial charge >= 0.3 is 0 Å². The minimum absolute atomic E-state index is 0.519. The minimum atomic E-state index is -0.519. The van der Waals surface area contributed by atoms with Crippen LogP contribution in [0.25, 0.3) is 0 Å². The first kappa shape index (κ1) is 11.2. The smallest absolute Gasteiger partial charge is 0.137 e. The lowest BCUT2D eigenvalue weighted by molar-refractivity contribution is -0.111. The third-order valence-corrected chi connectivity index (χ3v) is 2.78. The van der Waals surface area contributed by atoms with Gasteiger partial charge in [-0.05, 0) is 35.8 Å². The average Bonchev–Trinajstić information content (AvgIpc) is 2.17. The number of para-hydroxylation sites is 1. The van der Waals surface area contributed by atoms with Crippen LogP contribution in [0, 0.1) is 0 Å². The molecular formula is C11H13BrO2. The lowest BCUT2D eigenvalue weighted by Crippen LogP contribution is -2.19. The third kappa shape index (κ3) is 1.98. The van der Waals surface area contributed by atoms with Crippen molar-refractivity contribution in [1.82, 2.24) is 0 Å². The monoisotopic (exact) mass is 256 g/mol. The molecule has 0 spiro atoms. The van der Waals surface area contributed by atoms with E-state index in [9.17, 15) is 4.79 Å². The Labute approximate surface area is 92.4 Å². The maximum absolute atomic E-state index is 10.9. The summed E-state index contributed by atoms with van der Waals surface area (Å²) in [5, 5.41) is 0. The lowest BCUT2D eigenvalue weighted by atomic mass is 9.86. The fraction of sp³-hybridized carbons (Fsp3) is 0.364. The standard InChI is InChI=1S/C11H13BrO2/c1-11(2,7-13)8-5-4-6-9(12)10(8)14-3/h4-7H,1-3H3. The molecule has 0 N–H and O–H groups in total. The predicted molar refractivity (Wildman–Crippen MR) is 59.8 cm³/mol. The Bertz CT molecular complexity index is 345. The predicted octanol–water partition coefficient (Wildman–Crippen LogP) is 2.93. The van der Waals surface area contributed by atoms with Crippen LogP contribution in [0.1, 0.15) is 19.4 Å². The number of benzene rings is 1. The SMILES string of the molecule is COc1c(Br)cccc1C(C)(C)C=O. The van der Waals surface area contributed by atoms with Crippen molar-refractivity contribution < 1.29 is 9.53 Å². The van der Waals surface area contributed by atoms with E-state index in [4.69, 9.17) is 4.74 Å². The van der Waals surface area contributed by atoms with E-state index in [-0.39, 0.29) is 0 Å². The first-order valence-corrected chi connectivity index (χ1v) is 5.11. The fourth-order valence-corrected chi connectivity index (χ4v) is 1.82. The van der Waals surface area contributed by atoms with Crippen LogP contribution >= 0.6 is 15.9 Å². The summed E-state index contributed by atoms with van der Waals surface area (Å²) in [7, 11) is 1.60. The summed E-state index contributed by atoms with van der Waals surface area (Å²) in [6, 6.07) is 5.69. The van der Waals surface area contributed by atoms with Gasteiger partial charge in [0.2, 0.25) is 0 Å². The summed E-state index contributed by atoms with van der Waals surface area (Å²) in [6.45, 7) is 3.73. The van der Waals surface area contributed by atoms with Crippen LogP contribution in [0.15, 0.2) is 22.7 Å². The van der Waals surface area contributed by atoms with Gasteiger partial charge in [0.1, 0.15) is 12.0 Å². The highest BCUT2D eigenvalue weighted by molar-refractivity contribution is 9.10. The first-order valence-electron chi connectivity index (χ1n) is 4.32. The zero-order chi connectivity index (χ0) is 10.8. The summed E-state index contributed by atoms with van der Waals surface area (Å²) >= 11 is 3.39. The van der Waals surface area contributed by atoms with Crippen LogP contribution < -0.4 is 4.74 Å². The van der Waals surface area contributed by atoms with Crippen molar-refractivity contribution in [2.45, 2.75) is 19.3 Å². The molecule has 0 radical (unpaired) electrons. The Morgan fingerprint density at radius 2 is 2.07 bits per heavy atom. The van der Waals surface area contributed by atoms with Crippen LogP contribution in [0.5, 0.6) is 5.75 Å². The van der Waals surface area contributed by atoms with Crippen molar-refractivity contribution in [3.05, 3.63) is 28.2 Å². The van der Waals surface area contributed by atoms with E-state index in [0.717, 1.165) is 22.1 Å². The second-order valence-corrected chi connectivity index (χ2v) is 4.51. The molecule has 2 nitrogen and oxygen atoms in total. The van der Waals surface area contributed by atoms with Gasteiger partial charge in [-0.2, -0.15) is 0 Å². The van der Waals surface area contributed by atoms with Gasteiger partial charge in [0.05, 0.1) is 11.6 Å². The second-order valence-electron chi connectivity index (χ2n) is 3.66. The zero-order valence-electron chi connectivity index (χ0n) is 8.50. The molecule has 0 bridgehead atoms. The van der Waals surface area contributed by atoms with E-state index >= 15 is 0 Å². The molecule has 0 saturated heterocycles. The molecule has 0 saturated carbocycles. The molecule has 0 aliphatic heterocycles. The fourth-order valence-electron chi connectivity index (χ4n) is 1.29. The Hall–Kier alpha value is -0.830. The quantitative estimate of drug-likeness (QED) is 0.778. The van der Waals surface area contributed by atoms with Gasteiger partial charge in [0.15, 0.2) is 0 Å². The van der Waals surface area contributed by atoms with Gasteiger partial charge < -0.3 is 9.53 Å². The number of carbonyl (C=O) groups excluding carboxylic acids is 1. The van der Waals surface area contributed by atoms with E-state index in [2.05, 4.69) is 15.9 Å². The molecule has 1 aromatic carbocycles. The first-order chi connectivity index (χ1) is 6.53. The molecule has 3 heteroatoms. The van der Waals surface area contributed by atoms with Crippen LogP contribution in [0.2, 0.25) is 0 Å². The average molecular weight is 257 g/mol. The summed E-state index contributed by atoms with van der Waals surface area (Å²) < 4.78 is 6.13. The van der Waals surface area contributed by atoms with Crippen molar-refractivity contribution in [3.8, 4) is 5.75 Å². The number of halogens is 1. The Balaban J connectivity index is 3.34. The molecule has 14 heavy (non-hydrogen) atoms. The number of ether oxygens (including phenoxy) is 1. The molecule has 0 aromatic heterocycles. The molecule has 0 atom stereocenters. The highest BCUT2D eigenvalue weighted by Gasteiger charge is 2.24. The molecule has 0 unspecified atom stereocenters. The highest BCUT2D eigenvalue weighted by Crippen LogP contribution is 2.35. The van der Waals surface area contributed by atoms with E-state index < -0.39 is 5.41 Å². The number of hydrogen-bond donors (Lipinski definition) is 0. The number of carbonyl (C=O) groups is 1. The van der Waals surface area contributed by atoms with Crippen molar-refractivity contribution in [2.75, 3.05) is 7.11 Å². The highest BCUT2D eigenvalue weighted by atomic mass is 79.9. The van der Waals surface area contributed by atoms with Gasteiger partial charge in [-0.1, -0.05) is 12.1 Å². The Morgan fingerprint density at radius 1 is 1.43 bits per heavy atom. The number of methoxy groups -OCH3 is 1. The molecule has 0 amide bonds. The molecular weight excluding hydrogens is 244 g/mol. The normalized spacial score (nSPS) is 11.1. The molecule has 1 aromatic rings. The second kappa shape index (κ2) is 4.13. The lowest BCUT2D eigenvalue weighted by Gasteiger charge is -2.21. The molecule has 0 aliphatic carbocycles. The van der Waals surface area contributed by atoms with Crippen LogP contribution in [-0.4, -0.2) is 13.4 Å². The number of rotatable bonds is 3. The van der Waals surface area contributed by atoms with Crippen molar-refractivity contribution in [3.63, 3.8) is 0 Å².